The molecule has 1 aromatic carbocycles. The maximum absolute atomic E-state index is 13.3. The molecule has 2 aromatic heterocycles. The van der Waals surface area contributed by atoms with E-state index in [9.17, 15) is 31.2 Å². The summed E-state index contributed by atoms with van der Waals surface area (Å²) in [7, 11) is -3.94. The summed E-state index contributed by atoms with van der Waals surface area (Å²) >= 11 is 6.87. The van der Waals surface area contributed by atoms with E-state index < -0.39 is 45.4 Å². The molecule has 3 aromatic rings. The van der Waals surface area contributed by atoms with E-state index in [4.69, 9.17) is 16.3 Å². The van der Waals surface area contributed by atoms with Gasteiger partial charge in [0, 0.05) is 25.2 Å². The first-order valence-electron chi connectivity index (χ1n) is 14.8. The molecule has 0 bridgehead atoms. The highest BCUT2D eigenvalue weighted by Gasteiger charge is 2.40. The Morgan fingerprint density at radius 1 is 1.06 bits per heavy atom. The molecule has 47 heavy (non-hydrogen) atoms. The molecular weight excluding hydrogens is 681 g/mol. The van der Waals surface area contributed by atoms with Crippen LogP contribution in [-0.4, -0.2) is 72.0 Å². The average Bonchev–Trinajstić information content (AvgIpc) is 3.76. The molecule has 2 N–H and O–H groups in total. The lowest BCUT2D eigenvalue weighted by molar-refractivity contribution is -0.137. The van der Waals surface area contributed by atoms with E-state index in [1.807, 2.05) is 4.90 Å². The number of alkyl halides is 3. The van der Waals surface area contributed by atoms with Crippen LogP contribution in [0, 0.1) is 0 Å². The number of nitrogens with one attached hydrogen (secondary N) is 2. The highest BCUT2D eigenvalue weighted by atomic mass is 35.5. The van der Waals surface area contributed by atoms with Gasteiger partial charge in [-0.3, -0.25) is 4.79 Å². The van der Waals surface area contributed by atoms with Crippen LogP contribution in [-0.2, 0) is 32.3 Å². The number of alkyl carbamates (subject to hydrolysis) is 1. The third-order valence-electron chi connectivity index (χ3n) is 7.53. The van der Waals surface area contributed by atoms with Gasteiger partial charge in [-0.05, 0) is 70.4 Å². The third kappa shape index (κ3) is 8.52. The van der Waals surface area contributed by atoms with Gasteiger partial charge in [0.05, 0.1) is 33.9 Å². The average molecular weight is 715 g/mol. The van der Waals surface area contributed by atoms with Gasteiger partial charge in [0.1, 0.15) is 15.9 Å². The molecule has 2 amide bonds. The van der Waals surface area contributed by atoms with Crippen molar-refractivity contribution in [2.75, 3.05) is 24.5 Å². The number of halogens is 4. The number of sulfonamides is 1. The number of aromatic nitrogens is 2. The molecule has 17 heteroatoms. The van der Waals surface area contributed by atoms with E-state index in [1.165, 1.54) is 28.6 Å². The number of hydrogen-bond donors (Lipinski definition) is 2. The standard InChI is InChI=1S/C30H34ClF3N6O5S2/c1-29(2,3)45-28(42)37-20-12-14-39(17-20)27-36-21(15-22(38-27)18-6-8-19(9-7-18)30(32,33)34)16-35-26(41)23-5-4-13-40(23)47(43,44)25-11-10-24(31)46-25/h6-11,15,20,23H,4-5,12-14,16-17H2,1-3H3,(H,35,41)(H,37,42)/t20?,23-/m0/s1. The first-order chi connectivity index (χ1) is 22.0. The van der Waals surface area contributed by atoms with E-state index >= 15 is 0 Å². The molecule has 2 saturated heterocycles. The van der Waals surface area contributed by atoms with Gasteiger partial charge in [0.15, 0.2) is 0 Å². The van der Waals surface area contributed by atoms with E-state index in [0.717, 1.165) is 23.5 Å². The predicted molar refractivity (Wildman–Crippen MR) is 171 cm³/mol. The molecule has 2 atom stereocenters. The molecule has 254 valence electrons. The fourth-order valence-corrected chi connectivity index (χ4v) is 8.63. The Labute approximate surface area is 279 Å². The molecule has 2 aliphatic heterocycles. The number of ether oxygens (including phenoxy) is 1. The normalized spacial score (nSPS) is 19.2. The molecule has 4 heterocycles. The van der Waals surface area contributed by atoms with Gasteiger partial charge in [-0.1, -0.05) is 23.7 Å². The maximum Gasteiger partial charge on any atom is 0.416 e. The highest BCUT2D eigenvalue weighted by molar-refractivity contribution is 7.91. The monoisotopic (exact) mass is 714 g/mol. The summed E-state index contributed by atoms with van der Waals surface area (Å²) in [5, 5.41) is 5.62. The number of anilines is 1. The Hall–Kier alpha value is -3.47. The van der Waals surface area contributed by atoms with Crippen LogP contribution >= 0.6 is 22.9 Å². The van der Waals surface area contributed by atoms with Gasteiger partial charge in [-0.25, -0.2) is 23.2 Å². The second-order valence-electron chi connectivity index (χ2n) is 12.2. The number of hydrogen-bond acceptors (Lipinski definition) is 9. The van der Waals surface area contributed by atoms with Gasteiger partial charge >= 0.3 is 12.3 Å². The second kappa shape index (κ2) is 13.6. The van der Waals surface area contributed by atoms with Crippen molar-refractivity contribution in [3.63, 3.8) is 0 Å². The quantitative estimate of drug-likeness (QED) is 0.315. The summed E-state index contributed by atoms with van der Waals surface area (Å²) in [5.74, 6) is -0.243. The van der Waals surface area contributed by atoms with Gasteiger partial charge in [0.25, 0.3) is 10.0 Å². The number of nitrogens with zero attached hydrogens (tertiary/aromatic N) is 4. The number of rotatable bonds is 8. The molecule has 0 radical (unpaired) electrons. The summed E-state index contributed by atoms with van der Waals surface area (Å²) in [5.41, 5.74) is -0.382. The zero-order chi connectivity index (χ0) is 34.1. The first-order valence-corrected chi connectivity index (χ1v) is 17.5. The number of amides is 2. The van der Waals surface area contributed by atoms with Crippen LogP contribution < -0.4 is 15.5 Å². The van der Waals surface area contributed by atoms with Crippen LogP contribution in [0.5, 0.6) is 0 Å². The summed E-state index contributed by atoms with van der Waals surface area (Å²) < 4.78 is 73.0. The molecule has 5 rings (SSSR count). The van der Waals surface area contributed by atoms with Crippen LogP contribution in [0.2, 0.25) is 4.34 Å². The number of thiophene rings is 1. The fourth-order valence-electron chi connectivity index (χ4n) is 5.36. The van der Waals surface area contributed by atoms with Crippen molar-refractivity contribution in [2.45, 2.75) is 74.6 Å². The van der Waals surface area contributed by atoms with Crippen molar-refractivity contribution < 1.29 is 35.9 Å². The molecule has 0 spiro atoms. The van der Waals surface area contributed by atoms with Crippen molar-refractivity contribution in [3.05, 3.63) is 58.1 Å². The number of benzene rings is 1. The zero-order valence-corrected chi connectivity index (χ0v) is 28.2. The Kier molecular flexibility index (Phi) is 10.1. The molecule has 0 saturated carbocycles. The third-order valence-corrected chi connectivity index (χ3v) is 11.1. The Morgan fingerprint density at radius 3 is 2.43 bits per heavy atom. The van der Waals surface area contributed by atoms with Crippen LogP contribution in [0.25, 0.3) is 11.3 Å². The van der Waals surface area contributed by atoms with Crippen LogP contribution in [0.4, 0.5) is 23.9 Å². The topological polar surface area (TPSA) is 134 Å². The minimum absolute atomic E-state index is 0.0499. The van der Waals surface area contributed by atoms with Gasteiger partial charge in [-0.15, -0.1) is 11.3 Å². The minimum atomic E-state index is -4.51. The van der Waals surface area contributed by atoms with E-state index in [1.54, 1.807) is 26.8 Å². The largest absolute Gasteiger partial charge is 0.444 e. The zero-order valence-electron chi connectivity index (χ0n) is 25.8. The first kappa shape index (κ1) is 34.9. The van der Waals surface area contributed by atoms with E-state index in [0.29, 0.717) is 53.6 Å². The summed E-state index contributed by atoms with van der Waals surface area (Å²) in [6.45, 7) is 6.20. The smallest absolute Gasteiger partial charge is 0.416 e. The van der Waals surface area contributed by atoms with Crippen molar-refractivity contribution >= 4 is 50.9 Å². The maximum atomic E-state index is 13.3. The van der Waals surface area contributed by atoms with Crippen molar-refractivity contribution in [1.82, 2.24) is 24.9 Å². The predicted octanol–water partition coefficient (Wildman–Crippen LogP) is 5.45. The number of carbonyl (C=O) groups excluding carboxylic acids is 2. The minimum Gasteiger partial charge on any atom is -0.444 e. The van der Waals surface area contributed by atoms with Gasteiger partial charge in [-0.2, -0.15) is 17.5 Å². The molecular formula is C30H34ClF3N6O5S2. The second-order valence-corrected chi connectivity index (χ2v) is 16.1. The van der Waals surface area contributed by atoms with E-state index in [2.05, 4.69) is 20.6 Å². The molecule has 1 unspecified atom stereocenters. The van der Waals surface area contributed by atoms with Crippen molar-refractivity contribution in [3.8, 4) is 11.3 Å². The van der Waals surface area contributed by atoms with Crippen LogP contribution in [0.15, 0.2) is 46.7 Å². The van der Waals surface area contributed by atoms with Gasteiger partial charge < -0.3 is 20.3 Å². The van der Waals surface area contributed by atoms with E-state index in [-0.39, 0.29) is 29.3 Å². The lowest BCUT2D eigenvalue weighted by Crippen LogP contribution is -2.45. The summed E-state index contributed by atoms with van der Waals surface area (Å²) in [4.78, 5) is 36.7. The van der Waals surface area contributed by atoms with Crippen molar-refractivity contribution in [1.29, 1.82) is 0 Å². The van der Waals surface area contributed by atoms with Crippen LogP contribution in [0.1, 0.15) is 51.3 Å². The summed E-state index contributed by atoms with van der Waals surface area (Å²) in [6.07, 6.45) is -3.67. The highest BCUT2D eigenvalue weighted by Crippen LogP contribution is 2.33. The molecule has 11 nitrogen and oxygen atoms in total. The summed E-state index contributed by atoms with van der Waals surface area (Å²) in [6, 6.07) is 7.81. The lowest BCUT2D eigenvalue weighted by atomic mass is 10.1. The Morgan fingerprint density at radius 2 is 1.79 bits per heavy atom. The Balaban J connectivity index is 1.35. The SMILES string of the molecule is CC(C)(C)OC(=O)NC1CCN(c2nc(CNC(=O)[C@@H]3CCCN3S(=O)(=O)c3ccc(Cl)s3)cc(-c3ccc(C(F)(F)F)cc3)n2)C1. The number of carbonyl (C=O) groups is 2. The lowest BCUT2D eigenvalue weighted by Gasteiger charge is -2.23. The Bertz CT molecular complexity index is 1730. The molecule has 2 aliphatic rings. The van der Waals surface area contributed by atoms with Gasteiger partial charge in [0.2, 0.25) is 11.9 Å². The van der Waals surface area contributed by atoms with Crippen LogP contribution in [0.3, 0.4) is 0 Å². The molecule has 2 fully saturated rings. The van der Waals surface area contributed by atoms with Crippen molar-refractivity contribution in [2.24, 2.45) is 0 Å². The fraction of sp³-hybridized carbons (Fsp3) is 0.467. The molecule has 0 aliphatic carbocycles.